The van der Waals surface area contributed by atoms with Gasteiger partial charge in [-0.15, -0.1) is 0 Å². The zero-order chi connectivity index (χ0) is 16.4. The van der Waals surface area contributed by atoms with Crippen LogP contribution in [0.15, 0.2) is 72.8 Å². The Morgan fingerprint density at radius 3 is 1.91 bits per heavy atom. The van der Waals surface area contributed by atoms with Crippen molar-refractivity contribution in [2.75, 3.05) is 0 Å². The Balaban J connectivity index is 0.000000753. The molecular formula is C23H24. The van der Waals surface area contributed by atoms with Gasteiger partial charge in [0, 0.05) is 5.41 Å². The maximum absolute atomic E-state index is 2.35. The van der Waals surface area contributed by atoms with Gasteiger partial charge >= 0.3 is 0 Å². The van der Waals surface area contributed by atoms with Crippen LogP contribution in [0.2, 0.25) is 0 Å². The molecule has 1 aliphatic carbocycles. The third kappa shape index (κ3) is 2.49. The Morgan fingerprint density at radius 2 is 1.17 bits per heavy atom. The molecule has 0 saturated carbocycles. The SMILES string of the molecule is CC.CC1(C)c2ccccc2-c2cc(-c3ccccc3)ccc21. The van der Waals surface area contributed by atoms with Crippen molar-refractivity contribution in [2.24, 2.45) is 0 Å². The highest BCUT2D eigenvalue weighted by molar-refractivity contribution is 5.84. The summed E-state index contributed by atoms with van der Waals surface area (Å²) in [7, 11) is 0. The summed E-state index contributed by atoms with van der Waals surface area (Å²) in [5, 5.41) is 0. The molecule has 0 atom stereocenters. The van der Waals surface area contributed by atoms with Gasteiger partial charge in [-0.25, -0.2) is 0 Å². The van der Waals surface area contributed by atoms with Gasteiger partial charge in [0.15, 0.2) is 0 Å². The minimum atomic E-state index is 0.0984. The van der Waals surface area contributed by atoms with E-state index in [4.69, 9.17) is 0 Å². The Labute approximate surface area is 139 Å². The van der Waals surface area contributed by atoms with Gasteiger partial charge in [-0.05, 0) is 39.4 Å². The molecule has 0 saturated heterocycles. The average Bonchev–Trinajstić information content (AvgIpc) is 2.85. The molecule has 3 aromatic carbocycles. The Hall–Kier alpha value is -2.34. The highest BCUT2D eigenvalue weighted by Gasteiger charge is 2.34. The van der Waals surface area contributed by atoms with E-state index < -0.39 is 0 Å². The standard InChI is InChI=1S/C21H18.C2H6/c1-21(2)19-11-7-6-10-17(19)18-14-16(12-13-20(18)21)15-8-4-3-5-9-15;1-2/h3-14H,1-2H3;1-2H3. The van der Waals surface area contributed by atoms with E-state index in [0.717, 1.165) is 0 Å². The fourth-order valence-electron chi connectivity index (χ4n) is 3.53. The minimum absolute atomic E-state index is 0.0984. The maximum atomic E-state index is 2.35. The Bertz CT molecular complexity index is 810. The lowest BCUT2D eigenvalue weighted by molar-refractivity contribution is 0.660. The van der Waals surface area contributed by atoms with Crippen LogP contribution in [-0.2, 0) is 5.41 Å². The van der Waals surface area contributed by atoms with Crippen molar-refractivity contribution in [3.05, 3.63) is 83.9 Å². The second-order valence-electron chi connectivity index (χ2n) is 6.30. The highest BCUT2D eigenvalue weighted by atomic mass is 14.4. The van der Waals surface area contributed by atoms with Gasteiger partial charge < -0.3 is 0 Å². The topological polar surface area (TPSA) is 0 Å². The molecule has 0 fully saturated rings. The summed E-state index contributed by atoms with van der Waals surface area (Å²) in [4.78, 5) is 0. The molecule has 4 rings (SSSR count). The number of fused-ring (bicyclic) bond motifs is 3. The van der Waals surface area contributed by atoms with Crippen LogP contribution in [0.3, 0.4) is 0 Å². The van der Waals surface area contributed by atoms with E-state index in [2.05, 4.69) is 86.6 Å². The summed E-state index contributed by atoms with van der Waals surface area (Å²) in [6, 6.07) is 26.3. The lowest BCUT2D eigenvalue weighted by Gasteiger charge is -2.21. The van der Waals surface area contributed by atoms with E-state index >= 15 is 0 Å². The lowest BCUT2D eigenvalue weighted by atomic mass is 9.82. The summed E-state index contributed by atoms with van der Waals surface area (Å²) in [6.07, 6.45) is 0. The van der Waals surface area contributed by atoms with Crippen LogP contribution in [0.5, 0.6) is 0 Å². The molecule has 0 aromatic heterocycles. The third-order valence-electron chi connectivity index (χ3n) is 4.69. The summed E-state index contributed by atoms with van der Waals surface area (Å²) >= 11 is 0. The zero-order valence-electron chi connectivity index (χ0n) is 14.4. The minimum Gasteiger partial charge on any atom is -0.0683 e. The summed E-state index contributed by atoms with van der Waals surface area (Å²) in [5.41, 5.74) is 8.31. The maximum Gasteiger partial charge on any atom is 0.0158 e. The van der Waals surface area contributed by atoms with Gasteiger partial charge in [0.2, 0.25) is 0 Å². The van der Waals surface area contributed by atoms with Gasteiger partial charge in [-0.2, -0.15) is 0 Å². The van der Waals surface area contributed by atoms with Crippen molar-refractivity contribution in [1.82, 2.24) is 0 Å². The molecule has 3 aromatic rings. The molecule has 0 bridgehead atoms. The first-order valence-corrected chi connectivity index (χ1v) is 8.48. The summed E-state index contributed by atoms with van der Waals surface area (Å²) < 4.78 is 0. The van der Waals surface area contributed by atoms with Crippen molar-refractivity contribution >= 4 is 0 Å². The zero-order valence-corrected chi connectivity index (χ0v) is 14.4. The molecule has 0 heterocycles. The Morgan fingerprint density at radius 1 is 0.565 bits per heavy atom. The van der Waals surface area contributed by atoms with Crippen LogP contribution >= 0.6 is 0 Å². The van der Waals surface area contributed by atoms with Crippen LogP contribution in [0.4, 0.5) is 0 Å². The number of hydrogen-bond acceptors (Lipinski definition) is 0. The van der Waals surface area contributed by atoms with Crippen molar-refractivity contribution < 1.29 is 0 Å². The highest BCUT2D eigenvalue weighted by Crippen LogP contribution is 2.49. The van der Waals surface area contributed by atoms with Crippen molar-refractivity contribution in [3.8, 4) is 22.3 Å². The molecule has 0 nitrogen and oxygen atoms in total. The molecule has 1 aliphatic rings. The largest absolute Gasteiger partial charge is 0.0683 e. The van der Waals surface area contributed by atoms with E-state index in [1.54, 1.807) is 0 Å². The monoisotopic (exact) mass is 300 g/mol. The third-order valence-corrected chi connectivity index (χ3v) is 4.69. The van der Waals surface area contributed by atoms with Gasteiger partial charge in [-0.1, -0.05) is 94.4 Å². The first-order valence-electron chi connectivity index (χ1n) is 8.48. The summed E-state index contributed by atoms with van der Waals surface area (Å²) in [5.74, 6) is 0. The van der Waals surface area contributed by atoms with Crippen LogP contribution in [-0.4, -0.2) is 0 Å². The smallest absolute Gasteiger partial charge is 0.0158 e. The number of rotatable bonds is 1. The predicted molar refractivity (Wildman–Crippen MR) is 101 cm³/mol. The van der Waals surface area contributed by atoms with Crippen molar-refractivity contribution in [1.29, 1.82) is 0 Å². The number of hydrogen-bond donors (Lipinski definition) is 0. The molecule has 0 aliphatic heterocycles. The molecule has 0 heteroatoms. The fourth-order valence-corrected chi connectivity index (χ4v) is 3.53. The lowest BCUT2D eigenvalue weighted by Crippen LogP contribution is -2.14. The molecule has 0 radical (unpaired) electrons. The molecule has 0 spiro atoms. The van der Waals surface area contributed by atoms with Crippen LogP contribution in [0.1, 0.15) is 38.8 Å². The van der Waals surface area contributed by atoms with E-state index in [-0.39, 0.29) is 5.41 Å². The quantitative estimate of drug-likeness (QED) is 0.470. The average molecular weight is 300 g/mol. The normalized spacial score (nSPS) is 13.6. The molecule has 0 unspecified atom stereocenters. The van der Waals surface area contributed by atoms with E-state index in [1.807, 2.05) is 13.8 Å². The van der Waals surface area contributed by atoms with Crippen LogP contribution in [0.25, 0.3) is 22.3 Å². The fraction of sp³-hybridized carbons (Fsp3) is 0.217. The number of benzene rings is 3. The molecule has 116 valence electrons. The van der Waals surface area contributed by atoms with Gasteiger partial charge in [0.05, 0.1) is 0 Å². The second kappa shape index (κ2) is 6.04. The van der Waals surface area contributed by atoms with E-state index in [1.165, 1.54) is 33.4 Å². The van der Waals surface area contributed by atoms with Crippen molar-refractivity contribution in [3.63, 3.8) is 0 Å². The van der Waals surface area contributed by atoms with Crippen molar-refractivity contribution in [2.45, 2.75) is 33.1 Å². The molecule has 23 heavy (non-hydrogen) atoms. The van der Waals surface area contributed by atoms with Gasteiger partial charge in [0.1, 0.15) is 0 Å². The predicted octanol–water partition coefficient (Wildman–Crippen LogP) is 6.69. The van der Waals surface area contributed by atoms with Gasteiger partial charge in [0.25, 0.3) is 0 Å². The van der Waals surface area contributed by atoms with Crippen LogP contribution < -0.4 is 0 Å². The molecular weight excluding hydrogens is 276 g/mol. The van der Waals surface area contributed by atoms with Crippen LogP contribution in [0, 0.1) is 0 Å². The van der Waals surface area contributed by atoms with Gasteiger partial charge in [-0.3, -0.25) is 0 Å². The molecule has 0 amide bonds. The Kier molecular flexibility index (Phi) is 4.09. The summed E-state index contributed by atoms with van der Waals surface area (Å²) in [6.45, 7) is 8.64. The van der Waals surface area contributed by atoms with E-state index in [0.29, 0.717) is 0 Å². The second-order valence-corrected chi connectivity index (χ2v) is 6.30. The first-order chi connectivity index (χ1) is 11.2. The molecule has 0 N–H and O–H groups in total. The van der Waals surface area contributed by atoms with E-state index in [9.17, 15) is 0 Å². The first kappa shape index (κ1) is 15.6.